The number of esters is 1. The van der Waals surface area contributed by atoms with Gasteiger partial charge in [-0.3, -0.25) is 0 Å². The second-order valence-corrected chi connectivity index (χ2v) is 3.80. The van der Waals surface area contributed by atoms with Crippen molar-refractivity contribution in [3.05, 3.63) is 47.5 Å². The Bertz CT molecular complexity index is 595. The third-order valence-electron chi connectivity index (χ3n) is 2.56. The highest BCUT2D eigenvalue weighted by molar-refractivity contribution is 5.88. The molecule has 1 aromatic carbocycles. The van der Waals surface area contributed by atoms with Crippen LogP contribution < -0.4 is 0 Å². The molecule has 0 amide bonds. The first-order valence-electron chi connectivity index (χ1n) is 5.77. The summed E-state index contributed by atoms with van der Waals surface area (Å²) in [5, 5.41) is 13.1. The molecule has 0 aliphatic heterocycles. The number of halogens is 1. The van der Waals surface area contributed by atoms with Crippen molar-refractivity contribution in [2.24, 2.45) is 0 Å². The van der Waals surface area contributed by atoms with Gasteiger partial charge in [-0.1, -0.05) is 12.1 Å². The zero-order valence-electron chi connectivity index (χ0n) is 10.3. The van der Waals surface area contributed by atoms with Crippen molar-refractivity contribution < 1.29 is 19.0 Å². The summed E-state index contributed by atoms with van der Waals surface area (Å²) in [4.78, 5) is 11.5. The van der Waals surface area contributed by atoms with Crippen LogP contribution in [0, 0.1) is 5.82 Å². The summed E-state index contributed by atoms with van der Waals surface area (Å²) in [6, 6.07) is 4.35. The lowest BCUT2D eigenvalue weighted by Gasteiger charge is -2.08. The van der Waals surface area contributed by atoms with Gasteiger partial charge in [0.1, 0.15) is 11.5 Å². The Morgan fingerprint density at radius 2 is 2.32 bits per heavy atom. The SMILES string of the molecule is CCOC(=O)c1cnn(-c2c(F)cccc2CO)c1. The van der Waals surface area contributed by atoms with Gasteiger partial charge in [-0.05, 0) is 13.0 Å². The molecule has 0 unspecified atom stereocenters. The van der Waals surface area contributed by atoms with E-state index in [1.54, 1.807) is 13.0 Å². The Hall–Kier alpha value is -2.21. The molecule has 0 radical (unpaired) electrons. The van der Waals surface area contributed by atoms with Gasteiger partial charge in [0.2, 0.25) is 0 Å². The van der Waals surface area contributed by atoms with E-state index in [0.717, 1.165) is 0 Å². The Morgan fingerprint density at radius 1 is 1.53 bits per heavy atom. The van der Waals surface area contributed by atoms with Gasteiger partial charge in [-0.2, -0.15) is 5.10 Å². The van der Waals surface area contributed by atoms with E-state index < -0.39 is 11.8 Å². The second kappa shape index (κ2) is 5.62. The van der Waals surface area contributed by atoms with Crippen LogP contribution in [0.2, 0.25) is 0 Å². The molecule has 0 saturated heterocycles. The zero-order valence-corrected chi connectivity index (χ0v) is 10.3. The molecule has 1 N–H and O–H groups in total. The predicted molar refractivity (Wildman–Crippen MR) is 65.4 cm³/mol. The summed E-state index contributed by atoms with van der Waals surface area (Å²) in [5.74, 6) is -1.04. The number of aliphatic hydroxyl groups excluding tert-OH is 1. The summed E-state index contributed by atoms with van der Waals surface area (Å²) in [7, 11) is 0. The fourth-order valence-electron chi connectivity index (χ4n) is 1.71. The van der Waals surface area contributed by atoms with Crippen LogP contribution in [0.3, 0.4) is 0 Å². The lowest BCUT2D eigenvalue weighted by atomic mass is 10.2. The van der Waals surface area contributed by atoms with E-state index in [-0.39, 0.29) is 24.5 Å². The highest BCUT2D eigenvalue weighted by Crippen LogP contribution is 2.19. The first kappa shape index (κ1) is 13.2. The number of benzene rings is 1. The fourth-order valence-corrected chi connectivity index (χ4v) is 1.71. The molecule has 1 heterocycles. The molecule has 2 aromatic rings. The number of nitrogens with zero attached hydrogens (tertiary/aromatic N) is 2. The summed E-state index contributed by atoms with van der Waals surface area (Å²) in [6.45, 7) is 1.64. The van der Waals surface area contributed by atoms with Crippen LogP contribution in [-0.2, 0) is 11.3 Å². The second-order valence-electron chi connectivity index (χ2n) is 3.80. The molecule has 1 aromatic heterocycles. The van der Waals surface area contributed by atoms with Crippen LogP contribution in [-0.4, -0.2) is 27.5 Å². The molecule has 100 valence electrons. The van der Waals surface area contributed by atoms with E-state index in [9.17, 15) is 14.3 Å². The van der Waals surface area contributed by atoms with Crippen molar-refractivity contribution in [1.29, 1.82) is 0 Å². The third-order valence-corrected chi connectivity index (χ3v) is 2.56. The van der Waals surface area contributed by atoms with Gasteiger partial charge in [0.15, 0.2) is 0 Å². The van der Waals surface area contributed by atoms with Gasteiger partial charge in [-0.15, -0.1) is 0 Å². The van der Waals surface area contributed by atoms with Crippen molar-refractivity contribution in [3.63, 3.8) is 0 Å². The Morgan fingerprint density at radius 3 is 3.00 bits per heavy atom. The van der Waals surface area contributed by atoms with Crippen molar-refractivity contribution in [1.82, 2.24) is 9.78 Å². The Kier molecular flexibility index (Phi) is 3.91. The maximum absolute atomic E-state index is 13.8. The molecule has 0 fully saturated rings. The molecule has 0 bridgehead atoms. The summed E-state index contributed by atoms with van der Waals surface area (Å²) in [5.41, 5.74) is 0.744. The van der Waals surface area contributed by atoms with Crippen molar-refractivity contribution >= 4 is 5.97 Å². The van der Waals surface area contributed by atoms with E-state index in [4.69, 9.17) is 4.74 Å². The van der Waals surface area contributed by atoms with Crippen LogP contribution in [0.5, 0.6) is 0 Å². The molecule has 5 nitrogen and oxygen atoms in total. The van der Waals surface area contributed by atoms with Crippen molar-refractivity contribution in [3.8, 4) is 5.69 Å². The normalized spacial score (nSPS) is 10.5. The quantitative estimate of drug-likeness (QED) is 0.853. The van der Waals surface area contributed by atoms with Crippen LogP contribution in [0.4, 0.5) is 4.39 Å². The third kappa shape index (κ3) is 2.63. The molecule has 0 aliphatic carbocycles. The topological polar surface area (TPSA) is 64.3 Å². The van der Waals surface area contributed by atoms with E-state index >= 15 is 0 Å². The minimum atomic E-state index is -0.523. The van der Waals surface area contributed by atoms with Gasteiger partial charge in [-0.25, -0.2) is 13.9 Å². The van der Waals surface area contributed by atoms with E-state index in [1.807, 2.05) is 0 Å². The van der Waals surface area contributed by atoms with E-state index in [2.05, 4.69) is 5.10 Å². The number of hydrogen-bond acceptors (Lipinski definition) is 4. The number of aliphatic hydroxyl groups is 1. The number of hydrogen-bond donors (Lipinski definition) is 1. The number of ether oxygens (including phenoxy) is 1. The Labute approximate surface area is 109 Å². The highest BCUT2D eigenvalue weighted by Gasteiger charge is 2.14. The first-order valence-corrected chi connectivity index (χ1v) is 5.77. The zero-order chi connectivity index (χ0) is 13.8. The fraction of sp³-hybridized carbons (Fsp3) is 0.231. The van der Waals surface area contributed by atoms with Gasteiger partial charge in [0, 0.05) is 11.8 Å². The molecule has 2 rings (SSSR count). The summed E-state index contributed by atoms with van der Waals surface area (Å²) in [6.07, 6.45) is 2.67. The van der Waals surface area contributed by atoms with Crippen LogP contribution in [0.25, 0.3) is 5.69 Å². The standard InChI is InChI=1S/C13H13FN2O3/c1-2-19-13(18)10-6-15-16(7-10)12-9(8-17)4-3-5-11(12)14/h3-7,17H,2,8H2,1H3. The number of carbonyl (C=O) groups is 1. The number of rotatable bonds is 4. The van der Waals surface area contributed by atoms with Gasteiger partial charge in [0.05, 0.1) is 25.0 Å². The number of aromatic nitrogens is 2. The van der Waals surface area contributed by atoms with Gasteiger partial charge < -0.3 is 9.84 Å². The van der Waals surface area contributed by atoms with Gasteiger partial charge in [0.25, 0.3) is 0 Å². The first-order chi connectivity index (χ1) is 9.17. The minimum Gasteiger partial charge on any atom is -0.462 e. The average Bonchev–Trinajstić information content (AvgIpc) is 2.88. The molecular formula is C13H13FN2O3. The monoisotopic (exact) mass is 264 g/mol. The van der Waals surface area contributed by atoms with Gasteiger partial charge >= 0.3 is 5.97 Å². The number of carbonyl (C=O) groups excluding carboxylic acids is 1. The lowest BCUT2D eigenvalue weighted by molar-refractivity contribution is 0.0526. The van der Waals surface area contributed by atoms with Crippen LogP contribution in [0.15, 0.2) is 30.6 Å². The van der Waals surface area contributed by atoms with Crippen molar-refractivity contribution in [2.45, 2.75) is 13.5 Å². The van der Waals surface area contributed by atoms with Crippen LogP contribution in [0.1, 0.15) is 22.8 Å². The molecule has 0 spiro atoms. The molecule has 0 aliphatic rings. The summed E-state index contributed by atoms with van der Waals surface area (Å²) >= 11 is 0. The van der Waals surface area contributed by atoms with E-state index in [1.165, 1.54) is 29.2 Å². The maximum atomic E-state index is 13.8. The molecule has 19 heavy (non-hydrogen) atoms. The minimum absolute atomic E-state index is 0.126. The lowest BCUT2D eigenvalue weighted by Crippen LogP contribution is -2.05. The maximum Gasteiger partial charge on any atom is 0.341 e. The molecular weight excluding hydrogens is 251 g/mol. The Balaban J connectivity index is 2.41. The van der Waals surface area contributed by atoms with E-state index in [0.29, 0.717) is 5.56 Å². The van der Waals surface area contributed by atoms with Crippen LogP contribution >= 0.6 is 0 Å². The van der Waals surface area contributed by atoms with Crippen molar-refractivity contribution in [2.75, 3.05) is 6.61 Å². The largest absolute Gasteiger partial charge is 0.462 e. The molecule has 0 atom stereocenters. The average molecular weight is 264 g/mol. The summed E-state index contributed by atoms with van der Waals surface area (Å²) < 4.78 is 19.8. The predicted octanol–water partition coefficient (Wildman–Crippen LogP) is 1.68. The smallest absolute Gasteiger partial charge is 0.341 e. The number of para-hydroxylation sites is 1. The molecule has 0 saturated carbocycles. The molecule has 6 heteroatoms. The highest BCUT2D eigenvalue weighted by atomic mass is 19.1.